The number of carbonyl (C=O) groups is 2. The first-order valence-corrected chi connectivity index (χ1v) is 10.4. The SMILES string of the molecule is Cc1cc(NCCCN(C)C)nc(NC(=O)Nc2ccc(C(=O)c3ccccc3)cc2)n1. The molecule has 0 unspecified atom stereocenters. The molecule has 3 aromatic rings. The van der Waals surface area contributed by atoms with Crippen molar-refractivity contribution in [3.63, 3.8) is 0 Å². The monoisotopic (exact) mass is 432 g/mol. The summed E-state index contributed by atoms with van der Waals surface area (Å²) in [6, 6.07) is 17.2. The zero-order chi connectivity index (χ0) is 22.9. The van der Waals surface area contributed by atoms with Gasteiger partial charge < -0.3 is 15.5 Å². The van der Waals surface area contributed by atoms with Gasteiger partial charge in [0, 0.05) is 35.1 Å². The van der Waals surface area contributed by atoms with Crippen LogP contribution in [0.25, 0.3) is 0 Å². The average molecular weight is 433 g/mol. The maximum absolute atomic E-state index is 12.5. The number of amides is 2. The molecule has 2 aromatic carbocycles. The first-order valence-electron chi connectivity index (χ1n) is 10.4. The first kappa shape index (κ1) is 22.9. The van der Waals surface area contributed by atoms with Gasteiger partial charge in [0.05, 0.1) is 0 Å². The van der Waals surface area contributed by atoms with E-state index in [0.717, 1.165) is 25.2 Å². The normalized spacial score (nSPS) is 10.6. The second kappa shape index (κ2) is 11.0. The van der Waals surface area contributed by atoms with Crippen molar-refractivity contribution >= 4 is 29.3 Å². The number of hydrogen-bond acceptors (Lipinski definition) is 6. The lowest BCUT2D eigenvalue weighted by atomic mass is 10.0. The molecule has 0 aliphatic rings. The Labute approximate surface area is 188 Å². The second-order valence-electron chi connectivity index (χ2n) is 7.65. The average Bonchev–Trinajstić information content (AvgIpc) is 2.77. The molecule has 3 N–H and O–H groups in total. The highest BCUT2D eigenvalue weighted by Gasteiger charge is 2.10. The van der Waals surface area contributed by atoms with Crippen LogP contribution in [0.1, 0.15) is 28.0 Å². The van der Waals surface area contributed by atoms with Crippen molar-refractivity contribution in [2.24, 2.45) is 0 Å². The van der Waals surface area contributed by atoms with Gasteiger partial charge in [-0.2, -0.15) is 4.98 Å². The molecule has 0 spiro atoms. The number of nitrogens with zero attached hydrogens (tertiary/aromatic N) is 3. The lowest BCUT2D eigenvalue weighted by Crippen LogP contribution is -2.21. The number of rotatable bonds is 9. The third-order valence-corrected chi connectivity index (χ3v) is 4.61. The zero-order valence-electron chi connectivity index (χ0n) is 18.6. The summed E-state index contributed by atoms with van der Waals surface area (Å²) in [6.45, 7) is 3.59. The molecule has 2 amide bonds. The number of ketones is 1. The van der Waals surface area contributed by atoms with Crippen LogP contribution in [0.15, 0.2) is 60.7 Å². The van der Waals surface area contributed by atoms with Gasteiger partial charge in [0.1, 0.15) is 5.82 Å². The third-order valence-electron chi connectivity index (χ3n) is 4.61. The van der Waals surface area contributed by atoms with Crippen molar-refractivity contribution in [3.05, 3.63) is 77.5 Å². The molecule has 0 saturated carbocycles. The highest BCUT2D eigenvalue weighted by Crippen LogP contribution is 2.15. The van der Waals surface area contributed by atoms with Crippen LogP contribution < -0.4 is 16.0 Å². The first-order chi connectivity index (χ1) is 15.4. The Morgan fingerprint density at radius 1 is 0.906 bits per heavy atom. The van der Waals surface area contributed by atoms with Crippen LogP contribution in [0.4, 0.5) is 22.2 Å². The number of aryl methyl sites for hydroxylation is 1. The van der Waals surface area contributed by atoms with Gasteiger partial charge in [0.25, 0.3) is 0 Å². The van der Waals surface area contributed by atoms with Gasteiger partial charge in [0.15, 0.2) is 5.78 Å². The van der Waals surface area contributed by atoms with E-state index in [1.807, 2.05) is 45.3 Å². The summed E-state index contributed by atoms with van der Waals surface area (Å²) in [5.74, 6) is 0.809. The summed E-state index contributed by atoms with van der Waals surface area (Å²) in [4.78, 5) is 35.6. The van der Waals surface area contributed by atoms with Gasteiger partial charge in [-0.05, 0) is 58.3 Å². The molecular formula is C24H28N6O2. The number of carbonyl (C=O) groups excluding carboxylic acids is 2. The number of hydrogen-bond donors (Lipinski definition) is 3. The maximum atomic E-state index is 12.5. The summed E-state index contributed by atoms with van der Waals surface area (Å²) in [7, 11) is 4.06. The quantitative estimate of drug-likeness (QED) is 0.349. The molecule has 3 rings (SSSR count). The van der Waals surface area contributed by atoms with E-state index in [0.29, 0.717) is 22.6 Å². The van der Waals surface area contributed by atoms with Crippen molar-refractivity contribution in [1.82, 2.24) is 14.9 Å². The van der Waals surface area contributed by atoms with Gasteiger partial charge >= 0.3 is 6.03 Å². The molecule has 1 aromatic heterocycles. The third kappa shape index (κ3) is 6.88. The molecule has 166 valence electrons. The number of anilines is 3. The summed E-state index contributed by atoms with van der Waals surface area (Å²) in [6.07, 6.45) is 0.974. The minimum atomic E-state index is -0.462. The Morgan fingerprint density at radius 3 is 2.28 bits per heavy atom. The van der Waals surface area contributed by atoms with Crippen LogP contribution in [-0.2, 0) is 0 Å². The van der Waals surface area contributed by atoms with Gasteiger partial charge in [-0.3, -0.25) is 10.1 Å². The Morgan fingerprint density at radius 2 is 1.59 bits per heavy atom. The van der Waals surface area contributed by atoms with Crippen molar-refractivity contribution < 1.29 is 9.59 Å². The Kier molecular flexibility index (Phi) is 7.88. The zero-order valence-corrected chi connectivity index (χ0v) is 18.6. The van der Waals surface area contributed by atoms with Crippen molar-refractivity contribution in [2.45, 2.75) is 13.3 Å². The number of nitrogens with one attached hydrogen (secondary N) is 3. The highest BCUT2D eigenvalue weighted by molar-refractivity contribution is 6.09. The van der Waals surface area contributed by atoms with E-state index in [1.165, 1.54) is 0 Å². The largest absolute Gasteiger partial charge is 0.370 e. The van der Waals surface area contributed by atoms with Crippen molar-refractivity contribution in [2.75, 3.05) is 43.1 Å². The van der Waals surface area contributed by atoms with Gasteiger partial charge in [-0.1, -0.05) is 30.3 Å². The molecule has 0 bridgehead atoms. The fourth-order valence-corrected chi connectivity index (χ4v) is 3.05. The predicted molar refractivity (Wildman–Crippen MR) is 127 cm³/mol. The molecule has 8 heteroatoms. The minimum absolute atomic E-state index is 0.0691. The van der Waals surface area contributed by atoms with E-state index in [1.54, 1.807) is 36.4 Å². The molecule has 0 aliphatic heterocycles. The van der Waals surface area contributed by atoms with Crippen LogP contribution in [0.5, 0.6) is 0 Å². The summed E-state index contributed by atoms with van der Waals surface area (Å²) in [5.41, 5.74) is 2.47. The standard InChI is InChI=1S/C24H28N6O2/c1-17-16-21(25-14-7-15-30(2)3)28-23(26-17)29-24(32)27-20-12-10-19(11-13-20)22(31)18-8-5-4-6-9-18/h4-6,8-13,16H,7,14-15H2,1-3H3,(H3,25,26,27,28,29,32). The summed E-state index contributed by atoms with van der Waals surface area (Å²) < 4.78 is 0. The van der Waals surface area contributed by atoms with Gasteiger partial charge in [0.2, 0.25) is 5.95 Å². The predicted octanol–water partition coefficient (Wildman–Crippen LogP) is 4.02. The smallest absolute Gasteiger partial charge is 0.326 e. The molecule has 0 saturated heterocycles. The van der Waals surface area contributed by atoms with Gasteiger partial charge in [-0.25, -0.2) is 9.78 Å². The topological polar surface area (TPSA) is 99.2 Å². The van der Waals surface area contributed by atoms with Crippen LogP contribution in [0, 0.1) is 6.92 Å². The number of aromatic nitrogens is 2. The minimum Gasteiger partial charge on any atom is -0.370 e. The van der Waals surface area contributed by atoms with E-state index >= 15 is 0 Å². The fourth-order valence-electron chi connectivity index (χ4n) is 3.05. The van der Waals surface area contributed by atoms with Crippen molar-refractivity contribution in [1.29, 1.82) is 0 Å². The van der Waals surface area contributed by atoms with E-state index in [4.69, 9.17) is 0 Å². The lowest BCUT2D eigenvalue weighted by Gasteiger charge is -2.12. The Hall–Kier alpha value is -3.78. The van der Waals surface area contributed by atoms with E-state index in [9.17, 15) is 9.59 Å². The van der Waals surface area contributed by atoms with Crippen LogP contribution >= 0.6 is 0 Å². The second-order valence-corrected chi connectivity index (χ2v) is 7.65. The van der Waals surface area contributed by atoms with Crippen molar-refractivity contribution in [3.8, 4) is 0 Å². The van der Waals surface area contributed by atoms with E-state index in [2.05, 4.69) is 30.8 Å². The molecule has 0 fully saturated rings. The molecule has 0 aliphatic carbocycles. The molecule has 1 heterocycles. The van der Waals surface area contributed by atoms with Crippen LogP contribution in [0.3, 0.4) is 0 Å². The Bertz CT molecular complexity index is 1050. The van der Waals surface area contributed by atoms with E-state index < -0.39 is 6.03 Å². The molecule has 8 nitrogen and oxygen atoms in total. The maximum Gasteiger partial charge on any atom is 0.326 e. The molecule has 0 atom stereocenters. The summed E-state index contributed by atoms with van der Waals surface area (Å²) >= 11 is 0. The summed E-state index contributed by atoms with van der Waals surface area (Å²) in [5, 5.41) is 8.64. The number of urea groups is 1. The lowest BCUT2D eigenvalue weighted by molar-refractivity contribution is 0.103. The van der Waals surface area contributed by atoms with Crippen LogP contribution in [-0.4, -0.2) is 53.9 Å². The van der Waals surface area contributed by atoms with Gasteiger partial charge in [-0.15, -0.1) is 0 Å². The highest BCUT2D eigenvalue weighted by atomic mass is 16.2. The molecule has 32 heavy (non-hydrogen) atoms. The Balaban J connectivity index is 1.56. The van der Waals surface area contributed by atoms with Crippen LogP contribution in [0.2, 0.25) is 0 Å². The molecule has 0 radical (unpaired) electrons. The molecular weight excluding hydrogens is 404 g/mol. The fraction of sp³-hybridized carbons (Fsp3) is 0.250. The van der Waals surface area contributed by atoms with E-state index in [-0.39, 0.29) is 11.7 Å². The number of benzene rings is 2.